The number of ether oxygens (including phenoxy) is 1. The molecule has 0 fully saturated rings. The fraction of sp³-hybridized carbons (Fsp3) is 0.133. The zero-order valence-electron chi connectivity index (χ0n) is 11.7. The number of hydrogen-bond donors (Lipinski definition) is 3. The molecule has 0 aromatic heterocycles. The average molecular weight is 289 g/mol. The highest BCUT2D eigenvalue weighted by Crippen LogP contribution is 2.27. The third-order valence-corrected chi connectivity index (χ3v) is 2.97. The average Bonchev–Trinajstić information content (AvgIpc) is 2.50. The highest BCUT2D eigenvalue weighted by Gasteiger charge is 2.08. The molecule has 0 spiro atoms. The van der Waals surface area contributed by atoms with Crippen LogP contribution in [0, 0.1) is 5.82 Å². The molecule has 0 aliphatic rings. The van der Waals surface area contributed by atoms with E-state index >= 15 is 0 Å². The lowest BCUT2D eigenvalue weighted by Crippen LogP contribution is -2.17. The maximum Gasteiger partial charge on any atom is 0.251 e. The van der Waals surface area contributed by atoms with Gasteiger partial charge < -0.3 is 21.1 Å². The Morgan fingerprint density at radius 3 is 2.62 bits per heavy atom. The van der Waals surface area contributed by atoms with Crippen LogP contribution in [0.3, 0.4) is 0 Å². The molecule has 21 heavy (non-hydrogen) atoms. The molecule has 1 amide bonds. The first-order chi connectivity index (χ1) is 10.0. The van der Waals surface area contributed by atoms with Crippen molar-refractivity contribution in [3.05, 3.63) is 47.8 Å². The van der Waals surface area contributed by atoms with Gasteiger partial charge in [-0.05, 0) is 30.3 Å². The molecule has 0 saturated carbocycles. The van der Waals surface area contributed by atoms with Crippen molar-refractivity contribution in [1.29, 1.82) is 0 Å². The highest BCUT2D eigenvalue weighted by atomic mass is 19.1. The van der Waals surface area contributed by atoms with Crippen LogP contribution in [0.25, 0.3) is 0 Å². The Morgan fingerprint density at radius 1 is 1.24 bits per heavy atom. The first kappa shape index (κ1) is 14.6. The second-order valence-corrected chi connectivity index (χ2v) is 4.36. The molecule has 4 N–H and O–H groups in total. The number of methoxy groups -OCH3 is 1. The zero-order chi connectivity index (χ0) is 15.4. The Morgan fingerprint density at radius 2 is 2.00 bits per heavy atom. The van der Waals surface area contributed by atoms with Crippen molar-refractivity contribution in [3.8, 4) is 5.75 Å². The molecule has 2 rings (SSSR count). The number of rotatable bonds is 4. The third kappa shape index (κ3) is 3.22. The van der Waals surface area contributed by atoms with E-state index in [1.807, 2.05) is 0 Å². The number of carbonyl (C=O) groups excluding carboxylic acids is 1. The smallest absolute Gasteiger partial charge is 0.251 e. The van der Waals surface area contributed by atoms with E-state index in [2.05, 4.69) is 10.6 Å². The lowest BCUT2D eigenvalue weighted by atomic mass is 10.1. The predicted octanol–water partition coefficient (Wildman–Crippen LogP) is 2.52. The number of carbonyl (C=O) groups is 1. The van der Waals surface area contributed by atoms with Gasteiger partial charge in [0.25, 0.3) is 5.91 Å². The van der Waals surface area contributed by atoms with Crippen molar-refractivity contribution in [1.82, 2.24) is 5.32 Å². The van der Waals surface area contributed by atoms with Gasteiger partial charge in [-0.25, -0.2) is 4.39 Å². The van der Waals surface area contributed by atoms with Gasteiger partial charge in [0.2, 0.25) is 0 Å². The van der Waals surface area contributed by atoms with Gasteiger partial charge in [-0.3, -0.25) is 4.79 Å². The molecule has 0 radical (unpaired) electrons. The molecule has 5 nitrogen and oxygen atoms in total. The fourth-order valence-corrected chi connectivity index (χ4v) is 1.86. The second-order valence-electron chi connectivity index (χ2n) is 4.36. The fourth-order valence-electron chi connectivity index (χ4n) is 1.86. The number of hydrogen-bond acceptors (Lipinski definition) is 4. The zero-order valence-corrected chi connectivity index (χ0v) is 11.7. The Kier molecular flexibility index (Phi) is 4.27. The van der Waals surface area contributed by atoms with Gasteiger partial charge in [0.1, 0.15) is 0 Å². The summed E-state index contributed by atoms with van der Waals surface area (Å²) < 4.78 is 18.3. The van der Waals surface area contributed by atoms with E-state index < -0.39 is 5.82 Å². The first-order valence-electron chi connectivity index (χ1n) is 6.27. The number of benzene rings is 2. The number of nitrogens with two attached hydrogens (primary N) is 1. The topological polar surface area (TPSA) is 76.4 Å². The monoisotopic (exact) mass is 289 g/mol. The van der Waals surface area contributed by atoms with Crippen LogP contribution in [0.2, 0.25) is 0 Å². The van der Waals surface area contributed by atoms with Crippen molar-refractivity contribution in [2.24, 2.45) is 0 Å². The molecule has 2 aromatic rings. The summed E-state index contributed by atoms with van der Waals surface area (Å²) in [6.45, 7) is 0. The summed E-state index contributed by atoms with van der Waals surface area (Å²) in [5.41, 5.74) is 8.05. The quantitative estimate of drug-likeness (QED) is 0.756. The summed E-state index contributed by atoms with van der Waals surface area (Å²) in [4.78, 5) is 11.5. The molecular weight excluding hydrogens is 273 g/mol. The first-order valence-corrected chi connectivity index (χ1v) is 6.27. The van der Waals surface area contributed by atoms with E-state index in [1.54, 1.807) is 31.3 Å². The normalized spacial score (nSPS) is 10.0. The summed E-state index contributed by atoms with van der Waals surface area (Å²) in [5, 5.41) is 5.58. The number of nitrogens with one attached hydrogen (secondary N) is 2. The summed E-state index contributed by atoms with van der Waals surface area (Å²) in [6, 6.07) is 9.32. The van der Waals surface area contributed by atoms with Crippen LogP contribution in [0.4, 0.5) is 21.5 Å². The van der Waals surface area contributed by atoms with E-state index in [9.17, 15) is 9.18 Å². The maximum atomic E-state index is 13.3. The molecular formula is C15H16FN3O2. The Bertz CT molecular complexity index is 674. The van der Waals surface area contributed by atoms with Gasteiger partial charge in [-0.2, -0.15) is 0 Å². The van der Waals surface area contributed by atoms with Gasteiger partial charge in [0, 0.05) is 24.4 Å². The van der Waals surface area contributed by atoms with Crippen molar-refractivity contribution in [2.45, 2.75) is 0 Å². The van der Waals surface area contributed by atoms with E-state index in [-0.39, 0.29) is 11.7 Å². The summed E-state index contributed by atoms with van der Waals surface area (Å²) >= 11 is 0. The van der Waals surface area contributed by atoms with Gasteiger partial charge in [0.15, 0.2) is 11.6 Å². The van der Waals surface area contributed by atoms with E-state index in [1.165, 1.54) is 19.2 Å². The Balaban J connectivity index is 2.26. The molecule has 0 unspecified atom stereocenters. The summed E-state index contributed by atoms with van der Waals surface area (Å²) in [7, 11) is 2.95. The maximum absolute atomic E-state index is 13.3. The van der Waals surface area contributed by atoms with Gasteiger partial charge in [-0.15, -0.1) is 0 Å². The molecule has 2 aromatic carbocycles. The van der Waals surface area contributed by atoms with Crippen LogP contribution in [-0.4, -0.2) is 20.1 Å². The lowest BCUT2D eigenvalue weighted by molar-refractivity contribution is 0.0963. The minimum atomic E-state index is -0.439. The number of anilines is 3. The predicted molar refractivity (Wildman–Crippen MR) is 80.5 cm³/mol. The standard InChI is InChI=1S/C15H16FN3O2/c1-18-15(20)9-3-6-13(12(17)7-9)19-10-4-5-11(16)14(8-10)21-2/h3-8,19H,17H2,1-2H3,(H,18,20). The molecule has 0 aliphatic carbocycles. The van der Waals surface area contributed by atoms with Gasteiger partial charge in [-0.1, -0.05) is 0 Å². The van der Waals surface area contributed by atoms with Crippen molar-refractivity contribution < 1.29 is 13.9 Å². The molecule has 110 valence electrons. The molecule has 0 atom stereocenters. The number of halogens is 1. The molecule has 0 bridgehead atoms. The highest BCUT2D eigenvalue weighted by molar-refractivity contribution is 5.96. The molecule has 0 aliphatic heterocycles. The van der Waals surface area contributed by atoms with Crippen LogP contribution in [-0.2, 0) is 0 Å². The van der Waals surface area contributed by atoms with Crippen LogP contribution in [0.15, 0.2) is 36.4 Å². The minimum absolute atomic E-state index is 0.139. The number of nitrogen functional groups attached to an aromatic ring is 1. The Labute approximate surface area is 121 Å². The third-order valence-electron chi connectivity index (χ3n) is 2.97. The van der Waals surface area contributed by atoms with Crippen molar-refractivity contribution in [2.75, 3.05) is 25.2 Å². The van der Waals surface area contributed by atoms with Crippen LogP contribution in [0.5, 0.6) is 5.75 Å². The molecule has 6 heteroatoms. The second kappa shape index (κ2) is 6.13. The molecule has 0 saturated heterocycles. The lowest BCUT2D eigenvalue weighted by Gasteiger charge is -2.12. The SMILES string of the molecule is CNC(=O)c1ccc(Nc2ccc(F)c(OC)c2)c(N)c1. The van der Waals surface area contributed by atoms with Crippen molar-refractivity contribution >= 4 is 23.0 Å². The minimum Gasteiger partial charge on any atom is -0.494 e. The number of amides is 1. The van der Waals surface area contributed by atoms with Gasteiger partial charge >= 0.3 is 0 Å². The van der Waals surface area contributed by atoms with Gasteiger partial charge in [0.05, 0.1) is 18.5 Å². The molecule has 0 heterocycles. The largest absolute Gasteiger partial charge is 0.494 e. The van der Waals surface area contributed by atoms with Crippen LogP contribution >= 0.6 is 0 Å². The van der Waals surface area contributed by atoms with Crippen LogP contribution < -0.4 is 21.1 Å². The van der Waals surface area contributed by atoms with Crippen molar-refractivity contribution in [3.63, 3.8) is 0 Å². The van der Waals surface area contributed by atoms with E-state index in [4.69, 9.17) is 10.5 Å². The summed E-state index contributed by atoms with van der Waals surface area (Å²) in [5.74, 6) is -0.511. The Hall–Kier alpha value is -2.76. The van der Waals surface area contributed by atoms with E-state index in [0.717, 1.165) is 0 Å². The summed E-state index contributed by atoms with van der Waals surface area (Å²) in [6.07, 6.45) is 0. The van der Waals surface area contributed by atoms with Crippen LogP contribution in [0.1, 0.15) is 10.4 Å². The van der Waals surface area contributed by atoms with E-state index in [0.29, 0.717) is 22.6 Å².